The van der Waals surface area contributed by atoms with Gasteiger partial charge in [-0.2, -0.15) is 0 Å². The van der Waals surface area contributed by atoms with Crippen LogP contribution in [-0.4, -0.2) is 65.3 Å². The summed E-state index contributed by atoms with van der Waals surface area (Å²) in [4.78, 5) is 17.3. The van der Waals surface area contributed by atoms with Crippen LogP contribution in [0.4, 0.5) is 5.82 Å². The van der Waals surface area contributed by atoms with Gasteiger partial charge in [-0.05, 0) is 38.3 Å². The van der Waals surface area contributed by atoms with Gasteiger partial charge in [-0.3, -0.25) is 4.90 Å². The van der Waals surface area contributed by atoms with Crippen LogP contribution >= 0.6 is 11.8 Å². The first-order chi connectivity index (χ1) is 13.7. The molecule has 1 saturated heterocycles. The fourth-order valence-corrected chi connectivity index (χ4v) is 4.70. The van der Waals surface area contributed by atoms with Crippen LogP contribution in [-0.2, 0) is 19.5 Å². The molecule has 0 aliphatic carbocycles. The van der Waals surface area contributed by atoms with Gasteiger partial charge < -0.3 is 9.80 Å². The van der Waals surface area contributed by atoms with Gasteiger partial charge in [-0.1, -0.05) is 49.0 Å². The fraction of sp³-hybridized carbons (Fsp3) is 0.545. The zero-order valence-electron chi connectivity index (χ0n) is 17.3. The molecular formula is C22H31N5S. The first kappa shape index (κ1) is 19.7. The highest BCUT2D eigenvalue weighted by atomic mass is 32.2. The van der Waals surface area contributed by atoms with Crippen molar-refractivity contribution in [2.45, 2.75) is 44.1 Å². The number of nitrogens with zero attached hydrogens (tertiary/aromatic N) is 5. The van der Waals surface area contributed by atoms with Crippen molar-refractivity contribution in [1.29, 1.82) is 0 Å². The van der Waals surface area contributed by atoms with Crippen molar-refractivity contribution in [3.8, 4) is 0 Å². The van der Waals surface area contributed by atoms with Crippen LogP contribution in [0.15, 0.2) is 35.5 Å². The fourth-order valence-electron chi connectivity index (χ4n) is 4.32. The molecule has 28 heavy (non-hydrogen) atoms. The lowest BCUT2D eigenvalue weighted by molar-refractivity contribution is 0.240. The summed E-state index contributed by atoms with van der Waals surface area (Å²) in [5.41, 5.74) is 3.97. The Bertz CT molecular complexity index is 797. The molecule has 1 aromatic heterocycles. The third kappa shape index (κ3) is 4.19. The Kier molecular flexibility index (Phi) is 6.19. The summed E-state index contributed by atoms with van der Waals surface area (Å²) in [5.74, 6) is 1.20. The predicted molar refractivity (Wildman–Crippen MR) is 117 cm³/mol. The number of hydrogen-bond acceptors (Lipinski definition) is 6. The van der Waals surface area contributed by atoms with Crippen molar-refractivity contribution in [2.24, 2.45) is 0 Å². The van der Waals surface area contributed by atoms with Gasteiger partial charge in [0.2, 0.25) is 0 Å². The van der Waals surface area contributed by atoms with E-state index in [0.29, 0.717) is 6.04 Å². The van der Waals surface area contributed by atoms with E-state index in [1.807, 2.05) is 0 Å². The Morgan fingerprint density at radius 1 is 1.18 bits per heavy atom. The van der Waals surface area contributed by atoms with E-state index in [0.717, 1.165) is 50.8 Å². The molecule has 0 radical (unpaired) electrons. The van der Waals surface area contributed by atoms with E-state index in [-0.39, 0.29) is 0 Å². The number of benzene rings is 1. The number of rotatable bonds is 6. The minimum Gasteiger partial charge on any atom is -0.355 e. The van der Waals surface area contributed by atoms with E-state index < -0.39 is 0 Å². The van der Waals surface area contributed by atoms with E-state index in [4.69, 9.17) is 9.97 Å². The molecule has 1 atom stereocenters. The van der Waals surface area contributed by atoms with Crippen molar-refractivity contribution in [3.63, 3.8) is 0 Å². The summed E-state index contributed by atoms with van der Waals surface area (Å²) >= 11 is 1.65. The van der Waals surface area contributed by atoms with Gasteiger partial charge in [0.05, 0.1) is 5.69 Å². The van der Waals surface area contributed by atoms with Gasteiger partial charge >= 0.3 is 0 Å². The van der Waals surface area contributed by atoms with E-state index in [9.17, 15) is 0 Å². The highest BCUT2D eigenvalue weighted by Gasteiger charge is 2.30. The summed E-state index contributed by atoms with van der Waals surface area (Å²) in [7, 11) is 2.23. The molecule has 1 fully saturated rings. The van der Waals surface area contributed by atoms with Crippen molar-refractivity contribution < 1.29 is 0 Å². The third-order valence-electron chi connectivity index (χ3n) is 6.12. The van der Waals surface area contributed by atoms with Crippen LogP contribution in [0.3, 0.4) is 0 Å². The van der Waals surface area contributed by atoms with Crippen molar-refractivity contribution in [1.82, 2.24) is 19.8 Å². The van der Waals surface area contributed by atoms with Gasteiger partial charge in [-0.25, -0.2) is 9.97 Å². The summed E-state index contributed by atoms with van der Waals surface area (Å²) in [5, 5.41) is 0.905. The normalized spacial score (nSPS) is 20.0. The predicted octanol–water partition coefficient (Wildman–Crippen LogP) is 3.29. The van der Waals surface area contributed by atoms with E-state index in [1.54, 1.807) is 11.8 Å². The molecule has 2 aliphatic heterocycles. The molecular weight excluding hydrogens is 366 g/mol. The van der Waals surface area contributed by atoms with Crippen molar-refractivity contribution in [3.05, 3.63) is 47.2 Å². The summed E-state index contributed by atoms with van der Waals surface area (Å²) in [6.45, 7) is 8.49. The van der Waals surface area contributed by atoms with Crippen LogP contribution in [0.25, 0.3) is 0 Å². The highest BCUT2D eigenvalue weighted by Crippen LogP contribution is 2.31. The van der Waals surface area contributed by atoms with Gasteiger partial charge in [0, 0.05) is 44.3 Å². The standard InChI is InChI=1S/C22H31N5S/c1-4-25(2)18-10-13-27(15-18)21-19-11-12-26(14-17-8-6-5-7-9-17)16-20(19)23-22(24-21)28-3/h5-9,18H,4,10-16H2,1-3H3. The van der Waals surface area contributed by atoms with E-state index in [1.165, 1.54) is 29.1 Å². The maximum absolute atomic E-state index is 4.96. The molecule has 1 unspecified atom stereocenters. The summed E-state index contributed by atoms with van der Waals surface area (Å²) in [6, 6.07) is 11.4. The Morgan fingerprint density at radius 2 is 2.00 bits per heavy atom. The summed E-state index contributed by atoms with van der Waals surface area (Å²) < 4.78 is 0. The van der Waals surface area contributed by atoms with Crippen LogP contribution in [0.1, 0.15) is 30.2 Å². The Labute approximate surface area is 173 Å². The number of thioether (sulfide) groups is 1. The second-order valence-electron chi connectivity index (χ2n) is 7.87. The van der Waals surface area contributed by atoms with Gasteiger partial charge in [0.25, 0.3) is 0 Å². The molecule has 0 bridgehead atoms. The Balaban J connectivity index is 1.55. The van der Waals surface area contributed by atoms with Gasteiger partial charge in [-0.15, -0.1) is 0 Å². The molecule has 2 aromatic rings. The Morgan fingerprint density at radius 3 is 2.75 bits per heavy atom. The average Bonchev–Trinajstić information content (AvgIpc) is 3.23. The first-order valence-corrected chi connectivity index (χ1v) is 11.6. The minimum absolute atomic E-state index is 0.631. The van der Waals surface area contributed by atoms with Crippen LogP contribution in [0.2, 0.25) is 0 Å². The quantitative estimate of drug-likeness (QED) is 0.550. The molecule has 0 spiro atoms. The number of aromatic nitrogens is 2. The smallest absolute Gasteiger partial charge is 0.189 e. The minimum atomic E-state index is 0.631. The largest absolute Gasteiger partial charge is 0.355 e. The Hall–Kier alpha value is -1.63. The van der Waals surface area contributed by atoms with Gasteiger partial charge in [0.1, 0.15) is 5.82 Å². The lowest BCUT2D eigenvalue weighted by atomic mass is 10.0. The van der Waals surface area contributed by atoms with Crippen LogP contribution < -0.4 is 4.90 Å². The topological polar surface area (TPSA) is 35.5 Å². The molecule has 1 aromatic carbocycles. The van der Waals surface area contributed by atoms with E-state index >= 15 is 0 Å². The second-order valence-corrected chi connectivity index (χ2v) is 8.64. The molecule has 0 amide bonds. The maximum Gasteiger partial charge on any atom is 0.189 e. The summed E-state index contributed by atoms with van der Waals surface area (Å²) in [6.07, 6.45) is 4.34. The molecule has 5 nitrogen and oxygen atoms in total. The number of fused-ring (bicyclic) bond motifs is 1. The molecule has 2 aliphatic rings. The third-order valence-corrected chi connectivity index (χ3v) is 6.67. The second kappa shape index (κ2) is 8.80. The zero-order valence-corrected chi connectivity index (χ0v) is 18.1. The molecule has 4 rings (SSSR count). The van der Waals surface area contributed by atoms with Crippen molar-refractivity contribution in [2.75, 3.05) is 44.4 Å². The number of likely N-dealkylation sites (N-methyl/N-ethyl adjacent to an activating group) is 1. The van der Waals surface area contributed by atoms with Gasteiger partial charge in [0.15, 0.2) is 5.16 Å². The lowest BCUT2D eigenvalue weighted by Gasteiger charge is -2.31. The molecule has 0 saturated carbocycles. The molecule has 150 valence electrons. The number of anilines is 1. The first-order valence-electron chi connectivity index (χ1n) is 10.3. The lowest BCUT2D eigenvalue weighted by Crippen LogP contribution is -2.36. The monoisotopic (exact) mass is 397 g/mol. The van der Waals surface area contributed by atoms with Crippen LogP contribution in [0, 0.1) is 0 Å². The molecule has 0 N–H and O–H groups in total. The molecule has 6 heteroatoms. The zero-order chi connectivity index (χ0) is 19.5. The average molecular weight is 398 g/mol. The highest BCUT2D eigenvalue weighted by molar-refractivity contribution is 7.98. The van der Waals surface area contributed by atoms with Crippen LogP contribution in [0.5, 0.6) is 0 Å². The number of hydrogen-bond donors (Lipinski definition) is 0. The van der Waals surface area contributed by atoms with E-state index in [2.05, 4.69) is 65.3 Å². The van der Waals surface area contributed by atoms with Crippen molar-refractivity contribution >= 4 is 17.6 Å². The SMILES string of the molecule is CCN(C)C1CCN(c2nc(SC)nc3c2CCN(Cc2ccccc2)C3)C1. The molecule has 3 heterocycles. The maximum atomic E-state index is 4.96.